The van der Waals surface area contributed by atoms with Crippen LogP contribution < -0.4 is 11.0 Å². The highest BCUT2D eigenvalue weighted by Gasteiger charge is 2.31. The molecule has 0 unspecified atom stereocenters. The number of fused-ring (bicyclic) bond motifs is 1. The molecule has 1 fully saturated rings. The van der Waals surface area contributed by atoms with Crippen molar-refractivity contribution in [3.05, 3.63) is 53.2 Å². The molecule has 3 N–H and O–H groups in total. The van der Waals surface area contributed by atoms with E-state index in [1.165, 1.54) is 11.8 Å². The van der Waals surface area contributed by atoms with Crippen LogP contribution in [0.2, 0.25) is 0 Å². The summed E-state index contributed by atoms with van der Waals surface area (Å²) in [7, 11) is 0. The van der Waals surface area contributed by atoms with Gasteiger partial charge in [0, 0.05) is 29.7 Å². The van der Waals surface area contributed by atoms with Gasteiger partial charge >= 0.3 is 5.69 Å². The minimum atomic E-state index is -0.380. The fraction of sp³-hybridized carbons (Fsp3) is 0.250. The molecular formula is C20H19N7O2S. The van der Waals surface area contributed by atoms with Gasteiger partial charge in [0.2, 0.25) is 5.91 Å². The van der Waals surface area contributed by atoms with Gasteiger partial charge in [0.05, 0.1) is 16.3 Å². The lowest BCUT2D eigenvalue weighted by Crippen LogP contribution is -2.23. The van der Waals surface area contributed by atoms with Gasteiger partial charge in [-0.25, -0.2) is 4.79 Å². The maximum Gasteiger partial charge on any atom is 0.323 e. The highest BCUT2D eigenvalue weighted by Crippen LogP contribution is 2.41. The van der Waals surface area contributed by atoms with Crippen molar-refractivity contribution >= 4 is 34.4 Å². The minimum Gasteiger partial charge on any atom is -0.325 e. The molecule has 1 atom stereocenters. The first kappa shape index (κ1) is 18.6. The first-order chi connectivity index (χ1) is 14.6. The zero-order valence-electron chi connectivity index (χ0n) is 16.1. The topological polar surface area (TPSA) is 121 Å². The molecule has 9 nitrogen and oxygen atoms in total. The maximum absolute atomic E-state index is 12.8. The minimum absolute atomic E-state index is 0.148. The van der Waals surface area contributed by atoms with Gasteiger partial charge < -0.3 is 15.3 Å². The van der Waals surface area contributed by atoms with Gasteiger partial charge in [-0.05, 0) is 50.1 Å². The first-order valence-corrected chi connectivity index (χ1v) is 10.5. The number of carbonyl (C=O) groups excluding carboxylic acids is 1. The molecule has 3 heterocycles. The quantitative estimate of drug-likeness (QED) is 0.412. The predicted molar refractivity (Wildman–Crippen MR) is 114 cm³/mol. The summed E-state index contributed by atoms with van der Waals surface area (Å²) in [6.07, 6.45) is 5.65. The summed E-state index contributed by atoms with van der Waals surface area (Å²) < 4.78 is 2.11. The molecule has 3 aromatic heterocycles. The van der Waals surface area contributed by atoms with E-state index < -0.39 is 0 Å². The average Bonchev–Trinajstić information content (AvgIpc) is 3.39. The van der Waals surface area contributed by atoms with Crippen LogP contribution >= 0.6 is 11.8 Å². The van der Waals surface area contributed by atoms with Crippen molar-refractivity contribution in [1.29, 1.82) is 0 Å². The van der Waals surface area contributed by atoms with E-state index in [1.807, 2.05) is 19.1 Å². The van der Waals surface area contributed by atoms with Crippen LogP contribution in [0.25, 0.3) is 22.4 Å². The van der Waals surface area contributed by atoms with Gasteiger partial charge in [-0.15, -0.1) is 10.2 Å². The molecule has 30 heavy (non-hydrogen) atoms. The number of nitrogens with one attached hydrogen (secondary N) is 3. The third kappa shape index (κ3) is 3.61. The molecule has 1 aliphatic carbocycles. The number of hydrogen-bond acceptors (Lipinski definition) is 6. The second kappa shape index (κ2) is 7.45. The number of amides is 1. The molecule has 0 aliphatic heterocycles. The van der Waals surface area contributed by atoms with E-state index >= 15 is 0 Å². The van der Waals surface area contributed by atoms with Gasteiger partial charge in [-0.3, -0.25) is 14.3 Å². The van der Waals surface area contributed by atoms with Crippen LogP contribution in [-0.4, -0.2) is 40.9 Å². The average molecular weight is 421 g/mol. The van der Waals surface area contributed by atoms with Gasteiger partial charge in [0.1, 0.15) is 0 Å². The van der Waals surface area contributed by atoms with Crippen LogP contribution in [0.1, 0.15) is 25.8 Å². The van der Waals surface area contributed by atoms with Crippen LogP contribution in [-0.2, 0) is 4.79 Å². The lowest BCUT2D eigenvalue weighted by Gasteiger charge is -2.13. The van der Waals surface area contributed by atoms with E-state index in [1.54, 1.807) is 30.6 Å². The van der Waals surface area contributed by atoms with Crippen LogP contribution in [0.3, 0.4) is 0 Å². The molecule has 10 heteroatoms. The Bertz CT molecular complexity index is 1270. The standard InChI is InChI=1S/C20H19N7O2S/c1-11(18(28)22-13-4-7-15-16(9-13)24-19(29)23-15)30-20-26-25-17(27(20)14-5-6-14)12-3-2-8-21-10-12/h2-4,7-11,14H,5-6H2,1H3,(H,22,28)(H2,23,24,29)/t11-/m0/s1. The molecule has 0 radical (unpaired) electrons. The Kier molecular flexibility index (Phi) is 4.62. The molecule has 0 bridgehead atoms. The number of imidazole rings is 1. The van der Waals surface area contributed by atoms with Gasteiger partial charge in [-0.1, -0.05) is 11.8 Å². The maximum atomic E-state index is 12.8. The largest absolute Gasteiger partial charge is 0.325 e. The van der Waals surface area contributed by atoms with Crippen molar-refractivity contribution in [3.8, 4) is 11.4 Å². The molecule has 5 rings (SSSR count). The number of carbonyl (C=O) groups is 1. The van der Waals surface area contributed by atoms with E-state index in [2.05, 4.69) is 35.0 Å². The van der Waals surface area contributed by atoms with Crippen LogP contribution in [0.5, 0.6) is 0 Å². The van der Waals surface area contributed by atoms with Crippen LogP contribution in [0.15, 0.2) is 52.7 Å². The first-order valence-electron chi connectivity index (χ1n) is 9.63. The van der Waals surface area contributed by atoms with Gasteiger partial charge in [0.25, 0.3) is 0 Å². The zero-order valence-corrected chi connectivity index (χ0v) is 16.9. The number of aromatic nitrogens is 6. The molecule has 4 aromatic rings. The van der Waals surface area contributed by atoms with Gasteiger partial charge in [0.15, 0.2) is 11.0 Å². The molecule has 152 valence electrons. The zero-order chi connectivity index (χ0) is 20.7. The van der Waals surface area contributed by atoms with Crippen molar-refractivity contribution in [2.24, 2.45) is 0 Å². The molecule has 1 amide bonds. The fourth-order valence-electron chi connectivity index (χ4n) is 3.28. The Hall–Kier alpha value is -3.40. The van der Waals surface area contributed by atoms with E-state index in [9.17, 15) is 9.59 Å². The molecule has 1 saturated carbocycles. The van der Waals surface area contributed by atoms with Crippen molar-refractivity contribution in [2.75, 3.05) is 5.32 Å². The third-order valence-corrected chi connectivity index (χ3v) is 5.99. The Morgan fingerprint density at radius 2 is 2.07 bits per heavy atom. The summed E-state index contributed by atoms with van der Waals surface area (Å²) in [5.41, 5.74) is 2.60. The van der Waals surface area contributed by atoms with Crippen LogP contribution in [0.4, 0.5) is 5.69 Å². The second-order valence-electron chi connectivity index (χ2n) is 7.24. The van der Waals surface area contributed by atoms with E-state index in [0.29, 0.717) is 22.8 Å². The lowest BCUT2D eigenvalue weighted by molar-refractivity contribution is -0.115. The van der Waals surface area contributed by atoms with Crippen molar-refractivity contribution in [2.45, 2.75) is 36.2 Å². The fourth-order valence-corrected chi connectivity index (χ4v) is 4.20. The number of H-pyrrole nitrogens is 2. The van der Waals surface area contributed by atoms with E-state index in [0.717, 1.165) is 29.4 Å². The highest BCUT2D eigenvalue weighted by atomic mass is 32.2. The monoisotopic (exact) mass is 421 g/mol. The summed E-state index contributed by atoms with van der Waals surface area (Å²) in [5, 5.41) is 12.0. The Labute approximate surface area is 175 Å². The second-order valence-corrected chi connectivity index (χ2v) is 8.55. The van der Waals surface area contributed by atoms with E-state index in [4.69, 9.17) is 0 Å². The number of aromatic amines is 2. The molecule has 0 spiro atoms. The SMILES string of the molecule is C[C@H](Sc1nnc(-c2cccnc2)n1C1CC1)C(=O)Nc1ccc2[nH]c(=O)[nH]c2c1. The molecular weight excluding hydrogens is 402 g/mol. The molecule has 1 aliphatic rings. The molecule has 1 aromatic carbocycles. The Morgan fingerprint density at radius 3 is 2.83 bits per heavy atom. The normalized spacial score (nSPS) is 14.7. The Balaban J connectivity index is 1.34. The summed E-state index contributed by atoms with van der Waals surface area (Å²) in [5.74, 6) is 0.632. The van der Waals surface area contributed by atoms with Crippen molar-refractivity contribution < 1.29 is 4.79 Å². The smallest absolute Gasteiger partial charge is 0.323 e. The van der Waals surface area contributed by atoms with E-state index in [-0.39, 0.29) is 16.8 Å². The number of rotatable bonds is 6. The highest BCUT2D eigenvalue weighted by molar-refractivity contribution is 8.00. The van der Waals surface area contributed by atoms with Crippen LogP contribution in [0, 0.1) is 0 Å². The molecule has 0 saturated heterocycles. The van der Waals surface area contributed by atoms with Gasteiger partial charge in [-0.2, -0.15) is 0 Å². The third-order valence-electron chi connectivity index (χ3n) is 4.93. The predicted octanol–water partition coefficient (Wildman–Crippen LogP) is 2.96. The number of anilines is 1. The van der Waals surface area contributed by atoms with Crippen molar-refractivity contribution in [1.82, 2.24) is 29.7 Å². The summed E-state index contributed by atoms with van der Waals surface area (Å²) in [6.45, 7) is 1.84. The number of thioether (sulfide) groups is 1. The lowest BCUT2D eigenvalue weighted by atomic mass is 10.2. The summed E-state index contributed by atoms with van der Waals surface area (Å²) in [6, 6.07) is 9.44. The summed E-state index contributed by atoms with van der Waals surface area (Å²) >= 11 is 1.38. The number of hydrogen-bond donors (Lipinski definition) is 3. The summed E-state index contributed by atoms with van der Waals surface area (Å²) in [4.78, 5) is 33.7. The number of nitrogens with zero attached hydrogens (tertiary/aromatic N) is 4. The number of benzene rings is 1. The number of pyridine rings is 1. The van der Waals surface area contributed by atoms with Crippen molar-refractivity contribution in [3.63, 3.8) is 0 Å². The Morgan fingerprint density at radius 1 is 1.23 bits per heavy atom.